The van der Waals surface area contributed by atoms with Gasteiger partial charge in [0.2, 0.25) is 0 Å². The molecular weight excluding hydrogens is 188 g/mol. The minimum absolute atomic E-state index is 0.234. The summed E-state index contributed by atoms with van der Waals surface area (Å²) < 4.78 is 2.11. The number of benzene rings is 1. The van der Waals surface area contributed by atoms with E-state index in [1.54, 1.807) is 0 Å². The Morgan fingerprint density at radius 1 is 1.33 bits per heavy atom. The fraction of sp³-hybridized carbons (Fsp3) is 0.333. The fourth-order valence-electron chi connectivity index (χ4n) is 1.78. The van der Waals surface area contributed by atoms with Crippen molar-refractivity contribution in [3.63, 3.8) is 0 Å². The summed E-state index contributed by atoms with van der Waals surface area (Å²) in [6, 6.07) is 8.29. The van der Waals surface area contributed by atoms with Gasteiger partial charge in [0, 0.05) is 37.3 Å². The van der Waals surface area contributed by atoms with Crippen molar-refractivity contribution in [3.8, 4) is 0 Å². The molecule has 1 aromatic heterocycles. The van der Waals surface area contributed by atoms with Gasteiger partial charge in [0.1, 0.15) is 0 Å². The summed E-state index contributed by atoms with van der Waals surface area (Å²) in [5.41, 5.74) is 2.37. The zero-order chi connectivity index (χ0) is 10.7. The number of fused-ring (bicyclic) bond motifs is 1. The Bertz CT molecular complexity index is 448. The summed E-state index contributed by atoms with van der Waals surface area (Å²) in [5.74, 6) is 0. The molecule has 0 spiro atoms. The Labute approximate surface area is 89.3 Å². The molecule has 2 N–H and O–H groups in total. The number of aliphatic hydroxyl groups is 1. The molecule has 2 rings (SSSR count). The van der Waals surface area contributed by atoms with Crippen molar-refractivity contribution in [2.75, 3.05) is 18.5 Å². The number of aliphatic hydroxyl groups excluding tert-OH is 1. The number of para-hydroxylation sites is 1. The van der Waals surface area contributed by atoms with E-state index >= 15 is 0 Å². The van der Waals surface area contributed by atoms with Gasteiger partial charge in [-0.05, 0) is 12.5 Å². The van der Waals surface area contributed by atoms with Crippen LogP contribution < -0.4 is 5.32 Å². The predicted molar refractivity (Wildman–Crippen MR) is 63.1 cm³/mol. The summed E-state index contributed by atoms with van der Waals surface area (Å²) in [5, 5.41) is 13.3. The van der Waals surface area contributed by atoms with Crippen molar-refractivity contribution in [3.05, 3.63) is 30.5 Å². The van der Waals surface area contributed by atoms with E-state index in [0.717, 1.165) is 18.7 Å². The standard InChI is InChI=1S/C12H16N2O/c1-14-9-11(13-7-4-8-15)10-5-2-3-6-12(10)14/h2-3,5-6,9,13,15H,4,7-8H2,1H3. The van der Waals surface area contributed by atoms with Crippen LogP contribution in [0.5, 0.6) is 0 Å². The second-order valence-corrected chi connectivity index (χ2v) is 3.67. The summed E-state index contributed by atoms with van der Waals surface area (Å²) in [7, 11) is 2.04. The Hall–Kier alpha value is -1.48. The van der Waals surface area contributed by atoms with E-state index in [1.807, 2.05) is 19.2 Å². The Morgan fingerprint density at radius 2 is 2.13 bits per heavy atom. The van der Waals surface area contributed by atoms with Crippen LogP contribution >= 0.6 is 0 Å². The molecule has 1 aromatic carbocycles. The van der Waals surface area contributed by atoms with Gasteiger partial charge in [-0.15, -0.1) is 0 Å². The summed E-state index contributed by atoms with van der Waals surface area (Å²) in [6.07, 6.45) is 2.87. The number of aromatic nitrogens is 1. The minimum atomic E-state index is 0.234. The predicted octanol–water partition coefficient (Wildman–Crippen LogP) is 1.97. The zero-order valence-corrected chi connectivity index (χ0v) is 8.90. The van der Waals surface area contributed by atoms with Gasteiger partial charge in [0.25, 0.3) is 0 Å². The number of hydrogen-bond donors (Lipinski definition) is 2. The molecule has 0 fully saturated rings. The van der Waals surface area contributed by atoms with E-state index in [1.165, 1.54) is 10.9 Å². The summed E-state index contributed by atoms with van der Waals surface area (Å²) in [4.78, 5) is 0. The third-order valence-corrected chi connectivity index (χ3v) is 2.55. The topological polar surface area (TPSA) is 37.2 Å². The number of rotatable bonds is 4. The first-order valence-electron chi connectivity index (χ1n) is 5.21. The molecule has 80 valence electrons. The number of hydrogen-bond acceptors (Lipinski definition) is 2. The van der Waals surface area contributed by atoms with E-state index in [4.69, 9.17) is 5.11 Å². The Balaban J connectivity index is 2.27. The van der Waals surface area contributed by atoms with E-state index in [0.29, 0.717) is 0 Å². The van der Waals surface area contributed by atoms with Crippen LogP contribution in [0.4, 0.5) is 5.69 Å². The molecule has 0 radical (unpaired) electrons. The quantitative estimate of drug-likeness (QED) is 0.747. The molecule has 3 heteroatoms. The average Bonchev–Trinajstić information content (AvgIpc) is 2.58. The Morgan fingerprint density at radius 3 is 2.93 bits per heavy atom. The van der Waals surface area contributed by atoms with Crippen molar-refractivity contribution in [2.45, 2.75) is 6.42 Å². The fourth-order valence-corrected chi connectivity index (χ4v) is 1.78. The molecule has 0 bridgehead atoms. The molecule has 1 heterocycles. The van der Waals surface area contributed by atoms with Crippen LogP contribution in [-0.2, 0) is 7.05 Å². The highest BCUT2D eigenvalue weighted by molar-refractivity contribution is 5.92. The van der Waals surface area contributed by atoms with Gasteiger partial charge >= 0.3 is 0 Å². The molecule has 0 atom stereocenters. The Kier molecular flexibility index (Phi) is 2.92. The first kappa shape index (κ1) is 10.1. The van der Waals surface area contributed by atoms with Crippen LogP contribution in [0.3, 0.4) is 0 Å². The van der Waals surface area contributed by atoms with Crippen LogP contribution in [0, 0.1) is 0 Å². The number of nitrogens with one attached hydrogen (secondary N) is 1. The van der Waals surface area contributed by atoms with Crippen molar-refractivity contribution in [1.82, 2.24) is 4.57 Å². The second-order valence-electron chi connectivity index (χ2n) is 3.67. The van der Waals surface area contributed by atoms with E-state index < -0.39 is 0 Å². The van der Waals surface area contributed by atoms with Crippen molar-refractivity contribution < 1.29 is 5.11 Å². The van der Waals surface area contributed by atoms with Crippen molar-refractivity contribution in [1.29, 1.82) is 0 Å². The number of anilines is 1. The van der Waals surface area contributed by atoms with Gasteiger partial charge in [-0.25, -0.2) is 0 Å². The third-order valence-electron chi connectivity index (χ3n) is 2.55. The van der Waals surface area contributed by atoms with E-state index in [9.17, 15) is 0 Å². The van der Waals surface area contributed by atoms with Crippen LogP contribution in [0.25, 0.3) is 10.9 Å². The molecule has 0 aliphatic heterocycles. The van der Waals surface area contributed by atoms with Crippen LogP contribution in [0.2, 0.25) is 0 Å². The van der Waals surface area contributed by atoms with E-state index in [2.05, 4.69) is 28.2 Å². The van der Waals surface area contributed by atoms with Gasteiger partial charge in [-0.1, -0.05) is 18.2 Å². The maximum Gasteiger partial charge on any atom is 0.0600 e. The molecular formula is C12H16N2O. The lowest BCUT2D eigenvalue weighted by Gasteiger charge is -2.02. The average molecular weight is 204 g/mol. The molecule has 0 unspecified atom stereocenters. The molecule has 0 aliphatic rings. The molecule has 2 aromatic rings. The van der Waals surface area contributed by atoms with Crippen molar-refractivity contribution >= 4 is 16.6 Å². The van der Waals surface area contributed by atoms with Crippen LogP contribution in [-0.4, -0.2) is 22.8 Å². The smallest absolute Gasteiger partial charge is 0.0600 e. The van der Waals surface area contributed by atoms with E-state index in [-0.39, 0.29) is 6.61 Å². The van der Waals surface area contributed by atoms with Crippen LogP contribution in [0.1, 0.15) is 6.42 Å². The van der Waals surface area contributed by atoms with Gasteiger partial charge in [-0.2, -0.15) is 0 Å². The normalized spacial score (nSPS) is 10.8. The third kappa shape index (κ3) is 1.97. The van der Waals surface area contributed by atoms with Gasteiger partial charge in [-0.3, -0.25) is 0 Å². The highest BCUT2D eigenvalue weighted by Crippen LogP contribution is 2.24. The molecule has 0 saturated carbocycles. The SMILES string of the molecule is Cn1cc(NCCCO)c2ccccc21. The molecule has 15 heavy (non-hydrogen) atoms. The van der Waals surface area contributed by atoms with Gasteiger partial charge in [0.05, 0.1) is 5.69 Å². The largest absolute Gasteiger partial charge is 0.396 e. The molecule has 0 saturated heterocycles. The highest BCUT2D eigenvalue weighted by atomic mass is 16.3. The van der Waals surface area contributed by atoms with Gasteiger partial charge in [0.15, 0.2) is 0 Å². The maximum atomic E-state index is 8.72. The molecule has 0 amide bonds. The van der Waals surface area contributed by atoms with Crippen LogP contribution in [0.15, 0.2) is 30.5 Å². The maximum absolute atomic E-state index is 8.72. The first-order chi connectivity index (χ1) is 7.33. The molecule has 3 nitrogen and oxygen atoms in total. The highest BCUT2D eigenvalue weighted by Gasteiger charge is 2.03. The zero-order valence-electron chi connectivity index (χ0n) is 8.90. The first-order valence-corrected chi connectivity index (χ1v) is 5.21. The lowest BCUT2D eigenvalue weighted by molar-refractivity contribution is 0.292. The van der Waals surface area contributed by atoms with Gasteiger partial charge < -0.3 is 15.0 Å². The van der Waals surface area contributed by atoms with Crippen molar-refractivity contribution in [2.24, 2.45) is 7.05 Å². The minimum Gasteiger partial charge on any atom is -0.396 e. The lowest BCUT2D eigenvalue weighted by atomic mass is 10.2. The summed E-state index contributed by atoms with van der Waals surface area (Å²) in [6.45, 7) is 1.04. The monoisotopic (exact) mass is 204 g/mol. The lowest BCUT2D eigenvalue weighted by Crippen LogP contribution is -2.02. The second kappa shape index (κ2) is 4.36. The number of nitrogens with zero attached hydrogens (tertiary/aromatic N) is 1. The molecule has 0 aliphatic carbocycles. The summed E-state index contributed by atoms with van der Waals surface area (Å²) >= 11 is 0. The number of aryl methyl sites for hydroxylation is 1.